The monoisotopic (exact) mass is 319 g/mol. The summed E-state index contributed by atoms with van der Waals surface area (Å²) in [5, 5.41) is 7.23. The maximum Gasteiger partial charge on any atom is 0.254 e. The summed E-state index contributed by atoms with van der Waals surface area (Å²) in [5.74, 6) is 0.268. The van der Waals surface area contributed by atoms with Gasteiger partial charge < -0.3 is 9.73 Å². The van der Waals surface area contributed by atoms with Gasteiger partial charge in [0, 0.05) is 6.04 Å². The molecule has 0 radical (unpaired) electrons. The summed E-state index contributed by atoms with van der Waals surface area (Å²) in [6.45, 7) is 2.23. The van der Waals surface area contributed by atoms with Gasteiger partial charge in [0.15, 0.2) is 5.22 Å². The zero-order valence-corrected chi connectivity index (χ0v) is 13.0. The molecule has 6 heteroatoms. The van der Waals surface area contributed by atoms with Crippen LogP contribution in [0.25, 0.3) is 0 Å². The third kappa shape index (κ3) is 5.71. The van der Waals surface area contributed by atoms with Crippen molar-refractivity contribution in [1.29, 1.82) is 0 Å². The average molecular weight is 320 g/mol. The van der Waals surface area contributed by atoms with Crippen molar-refractivity contribution in [2.45, 2.75) is 19.4 Å². The average Bonchev–Trinajstić information content (AvgIpc) is 2.92. The van der Waals surface area contributed by atoms with Crippen molar-refractivity contribution in [3.05, 3.63) is 59.0 Å². The maximum absolute atomic E-state index is 11.7. The summed E-state index contributed by atoms with van der Waals surface area (Å²) < 4.78 is 5.08. The van der Waals surface area contributed by atoms with Crippen LogP contribution in [0.3, 0.4) is 0 Å². The van der Waals surface area contributed by atoms with Crippen LogP contribution in [0.15, 0.2) is 52.0 Å². The van der Waals surface area contributed by atoms with Crippen LogP contribution in [0.1, 0.15) is 18.2 Å². The highest BCUT2D eigenvalue weighted by Gasteiger charge is 2.05. The van der Waals surface area contributed by atoms with Crippen molar-refractivity contribution in [3.63, 3.8) is 0 Å². The molecule has 1 heterocycles. The number of rotatable bonds is 7. The fourth-order valence-electron chi connectivity index (χ4n) is 1.91. The van der Waals surface area contributed by atoms with E-state index >= 15 is 0 Å². The van der Waals surface area contributed by atoms with E-state index in [4.69, 9.17) is 16.0 Å². The fraction of sp³-hybridized carbons (Fsp3) is 0.250. The first-order chi connectivity index (χ1) is 10.6. The molecular weight excluding hydrogens is 302 g/mol. The largest absolute Gasteiger partial charge is 0.444 e. The van der Waals surface area contributed by atoms with Crippen LogP contribution in [-0.2, 0) is 11.2 Å². The van der Waals surface area contributed by atoms with E-state index in [2.05, 4.69) is 28.0 Å². The normalized spacial score (nSPS) is 12.5. The number of carbonyl (C=O) groups excluding carboxylic acids is 1. The topological polar surface area (TPSA) is 66.6 Å². The van der Waals surface area contributed by atoms with Crippen molar-refractivity contribution in [1.82, 2.24) is 10.7 Å². The van der Waals surface area contributed by atoms with Crippen molar-refractivity contribution in [2.75, 3.05) is 6.54 Å². The van der Waals surface area contributed by atoms with Gasteiger partial charge in [0.05, 0.1) is 12.8 Å². The number of benzene rings is 1. The van der Waals surface area contributed by atoms with E-state index in [1.165, 1.54) is 11.8 Å². The predicted molar refractivity (Wildman–Crippen MR) is 87.1 cm³/mol. The Morgan fingerprint density at radius 1 is 1.32 bits per heavy atom. The molecule has 0 bridgehead atoms. The minimum Gasteiger partial charge on any atom is -0.444 e. The lowest BCUT2D eigenvalue weighted by Crippen LogP contribution is -2.37. The standard InChI is InChI=1S/C16H18ClN3O2/c1-12(9-13-5-3-2-4-6-13)18-11-16(21)20-19-10-14-7-8-15(17)22-14/h2-8,10,12,18H,9,11H2,1H3,(H,20,21)/b19-10+. The highest BCUT2D eigenvalue weighted by Crippen LogP contribution is 2.10. The SMILES string of the molecule is CC(Cc1ccccc1)NCC(=O)N/N=C/c1ccc(Cl)o1. The number of nitrogens with zero attached hydrogens (tertiary/aromatic N) is 1. The zero-order valence-electron chi connectivity index (χ0n) is 12.3. The molecular formula is C16H18ClN3O2. The van der Waals surface area contributed by atoms with E-state index in [0.29, 0.717) is 5.76 Å². The number of hydrogen-bond donors (Lipinski definition) is 2. The molecule has 5 nitrogen and oxygen atoms in total. The number of carbonyl (C=O) groups is 1. The molecule has 2 N–H and O–H groups in total. The van der Waals surface area contributed by atoms with Gasteiger partial charge in [0.1, 0.15) is 5.76 Å². The number of furan rings is 1. The first kappa shape index (κ1) is 16.3. The quantitative estimate of drug-likeness (QED) is 0.609. The number of nitrogens with one attached hydrogen (secondary N) is 2. The Balaban J connectivity index is 1.68. The fourth-order valence-corrected chi connectivity index (χ4v) is 2.06. The number of hydrazone groups is 1. The van der Waals surface area contributed by atoms with Gasteiger partial charge in [-0.15, -0.1) is 0 Å². The van der Waals surface area contributed by atoms with E-state index in [9.17, 15) is 4.79 Å². The second kappa shape index (κ2) is 8.36. The van der Waals surface area contributed by atoms with Crippen LogP contribution < -0.4 is 10.7 Å². The molecule has 0 saturated heterocycles. The molecule has 1 aromatic carbocycles. The third-order valence-electron chi connectivity index (χ3n) is 2.97. The molecule has 0 fully saturated rings. The molecule has 0 spiro atoms. The first-order valence-electron chi connectivity index (χ1n) is 6.98. The van der Waals surface area contributed by atoms with Crippen molar-refractivity contribution in [3.8, 4) is 0 Å². The lowest BCUT2D eigenvalue weighted by molar-refractivity contribution is -0.120. The predicted octanol–water partition coefficient (Wildman–Crippen LogP) is 2.60. The molecule has 2 aromatic rings. The summed E-state index contributed by atoms with van der Waals surface area (Å²) in [7, 11) is 0. The molecule has 0 aliphatic rings. The molecule has 22 heavy (non-hydrogen) atoms. The Bertz CT molecular complexity index is 625. The Hall–Kier alpha value is -2.11. The van der Waals surface area contributed by atoms with Crippen molar-refractivity contribution in [2.24, 2.45) is 5.10 Å². The summed E-state index contributed by atoms with van der Waals surface area (Å²) in [5.41, 5.74) is 3.66. The van der Waals surface area contributed by atoms with Crippen LogP contribution >= 0.6 is 11.6 Å². The van der Waals surface area contributed by atoms with Gasteiger partial charge in [0.25, 0.3) is 5.91 Å². The molecule has 0 aliphatic carbocycles. The van der Waals surface area contributed by atoms with Gasteiger partial charge in [-0.1, -0.05) is 30.3 Å². The van der Waals surface area contributed by atoms with Gasteiger partial charge in [-0.2, -0.15) is 5.10 Å². The Morgan fingerprint density at radius 3 is 2.77 bits per heavy atom. The molecule has 1 atom stereocenters. The van der Waals surface area contributed by atoms with Crippen LogP contribution in [0.5, 0.6) is 0 Å². The molecule has 1 unspecified atom stereocenters. The Kier molecular flexibility index (Phi) is 6.18. The van der Waals surface area contributed by atoms with E-state index in [1.807, 2.05) is 25.1 Å². The lowest BCUT2D eigenvalue weighted by Gasteiger charge is -2.12. The van der Waals surface area contributed by atoms with Crippen LogP contribution in [0.2, 0.25) is 5.22 Å². The minimum absolute atomic E-state index is 0.195. The molecule has 116 valence electrons. The molecule has 1 amide bonds. The summed E-state index contributed by atoms with van der Waals surface area (Å²) in [4.78, 5) is 11.7. The first-order valence-corrected chi connectivity index (χ1v) is 7.36. The summed E-state index contributed by atoms with van der Waals surface area (Å²) >= 11 is 5.63. The summed E-state index contributed by atoms with van der Waals surface area (Å²) in [6.07, 6.45) is 2.26. The minimum atomic E-state index is -0.214. The number of hydrogen-bond acceptors (Lipinski definition) is 4. The van der Waals surface area contributed by atoms with Gasteiger partial charge in [-0.05, 0) is 42.6 Å². The molecule has 2 rings (SSSR count). The zero-order chi connectivity index (χ0) is 15.8. The van der Waals surface area contributed by atoms with Gasteiger partial charge in [-0.3, -0.25) is 4.79 Å². The van der Waals surface area contributed by atoms with Crippen molar-refractivity contribution >= 4 is 23.7 Å². The Morgan fingerprint density at radius 2 is 2.09 bits per heavy atom. The van der Waals surface area contributed by atoms with E-state index in [-0.39, 0.29) is 23.7 Å². The van der Waals surface area contributed by atoms with E-state index in [0.717, 1.165) is 6.42 Å². The van der Waals surface area contributed by atoms with Crippen LogP contribution in [0, 0.1) is 0 Å². The van der Waals surface area contributed by atoms with E-state index in [1.54, 1.807) is 12.1 Å². The maximum atomic E-state index is 11.7. The van der Waals surface area contributed by atoms with E-state index < -0.39 is 0 Å². The highest BCUT2D eigenvalue weighted by molar-refractivity contribution is 6.28. The molecule has 1 aromatic heterocycles. The van der Waals surface area contributed by atoms with Crippen LogP contribution in [0.4, 0.5) is 0 Å². The third-order valence-corrected chi connectivity index (χ3v) is 3.17. The van der Waals surface area contributed by atoms with Gasteiger partial charge in [0.2, 0.25) is 0 Å². The van der Waals surface area contributed by atoms with Crippen LogP contribution in [-0.4, -0.2) is 24.7 Å². The number of amides is 1. The highest BCUT2D eigenvalue weighted by atomic mass is 35.5. The van der Waals surface area contributed by atoms with Crippen molar-refractivity contribution < 1.29 is 9.21 Å². The molecule has 0 saturated carbocycles. The Labute approximate surface area is 134 Å². The molecule has 0 aliphatic heterocycles. The van der Waals surface area contributed by atoms with Gasteiger partial charge in [-0.25, -0.2) is 5.43 Å². The second-order valence-corrected chi connectivity index (χ2v) is 5.28. The second-order valence-electron chi connectivity index (χ2n) is 4.91. The lowest BCUT2D eigenvalue weighted by atomic mass is 10.1. The number of halogens is 1. The van der Waals surface area contributed by atoms with Gasteiger partial charge >= 0.3 is 0 Å². The smallest absolute Gasteiger partial charge is 0.254 e. The summed E-state index contributed by atoms with van der Waals surface area (Å²) in [6, 6.07) is 13.6.